The third-order valence-electron chi connectivity index (χ3n) is 10.8. The molecule has 68 heavy (non-hydrogen) atoms. The molecule has 1 aliphatic heterocycles. The number of alkyl halides is 4. The third-order valence-corrected chi connectivity index (χ3v) is 14.2. The molecule has 18 heteroatoms. The van der Waals surface area contributed by atoms with Gasteiger partial charge >= 0.3 is 12.1 Å². The van der Waals surface area contributed by atoms with Gasteiger partial charge in [0.05, 0.1) is 39.9 Å². The minimum atomic E-state index is -4.65. The summed E-state index contributed by atoms with van der Waals surface area (Å²) in [6.07, 6.45) is -3.04. The molecule has 0 saturated heterocycles. The highest BCUT2D eigenvalue weighted by Gasteiger charge is 2.45. The number of halogens is 5. The van der Waals surface area contributed by atoms with Crippen LogP contribution in [0.25, 0.3) is 0 Å². The third kappa shape index (κ3) is 14.6. The van der Waals surface area contributed by atoms with Gasteiger partial charge in [-0.3, -0.25) is 19.2 Å². The molecule has 1 fully saturated rings. The Hall–Kier alpha value is -5.23. The van der Waals surface area contributed by atoms with Crippen molar-refractivity contribution < 1.29 is 59.9 Å². The number of carbonyl (C=O) groups excluding carboxylic acids is 5. The average molecular weight is 1050 g/mol. The number of hydrogen-bond acceptors (Lipinski definition) is 11. The van der Waals surface area contributed by atoms with Crippen LogP contribution in [0, 0.1) is 11.3 Å². The van der Waals surface area contributed by atoms with Gasteiger partial charge in [-0.05, 0) is 50.3 Å². The summed E-state index contributed by atoms with van der Waals surface area (Å²) in [5, 5.41) is 6.64. The number of benzene rings is 4. The number of Topliss-reactive ketones (excluding diaryl/α,β-unsaturated/α-hetero) is 3. The summed E-state index contributed by atoms with van der Waals surface area (Å²) in [6.45, 7) is 9.78. The largest absolute Gasteiger partial charge is 0.461 e. The van der Waals surface area contributed by atoms with Crippen LogP contribution in [0.5, 0.6) is 0 Å². The molecule has 1 heterocycles. The van der Waals surface area contributed by atoms with Crippen molar-refractivity contribution >= 4 is 72.3 Å². The van der Waals surface area contributed by atoms with Gasteiger partial charge in [-0.2, -0.15) is 13.2 Å². The molecule has 6 rings (SSSR count). The maximum Gasteiger partial charge on any atom is 0.411 e. The van der Waals surface area contributed by atoms with Gasteiger partial charge < -0.3 is 19.6 Å². The summed E-state index contributed by atoms with van der Waals surface area (Å²) < 4.78 is 70.4. The molecular weight excluding hydrogens is 993 g/mol. The zero-order valence-corrected chi connectivity index (χ0v) is 41.9. The van der Waals surface area contributed by atoms with Crippen LogP contribution in [0.4, 0.5) is 13.2 Å². The van der Waals surface area contributed by atoms with Gasteiger partial charge in [0.2, 0.25) is 5.91 Å². The number of ketones is 3. The number of hydrogen-bond donors (Lipinski definition) is 1. The van der Waals surface area contributed by atoms with Crippen molar-refractivity contribution in [2.75, 3.05) is 19.5 Å². The zero-order valence-electron chi connectivity index (χ0n) is 38.7. The van der Waals surface area contributed by atoms with E-state index in [4.69, 9.17) is 21.2 Å². The Morgan fingerprint density at radius 3 is 1.85 bits per heavy atom. The topological polar surface area (TPSA) is 172 Å². The number of carbonyl (C=O) groups is 5. The van der Waals surface area contributed by atoms with Crippen LogP contribution in [0.1, 0.15) is 99.8 Å². The van der Waals surface area contributed by atoms with Gasteiger partial charge in [0, 0.05) is 41.4 Å². The summed E-state index contributed by atoms with van der Waals surface area (Å²) >= 11 is 9.59. The van der Waals surface area contributed by atoms with Gasteiger partial charge in [-0.25, -0.2) is 13.2 Å². The van der Waals surface area contributed by atoms with Crippen molar-refractivity contribution in [3.63, 3.8) is 0 Å². The fraction of sp³-hybridized carbons (Fsp3) is 0.400. The zero-order chi connectivity index (χ0) is 50.7. The predicted molar refractivity (Wildman–Crippen MR) is 255 cm³/mol. The van der Waals surface area contributed by atoms with Crippen LogP contribution in [-0.4, -0.2) is 73.8 Å². The van der Waals surface area contributed by atoms with E-state index in [2.05, 4.69) is 31.1 Å². The molecule has 0 spiro atoms. The number of ether oxygens (including phenoxy) is 2. The Bertz CT molecular complexity index is 2520. The first-order valence-corrected chi connectivity index (χ1v) is 24.7. The predicted octanol–water partition coefficient (Wildman–Crippen LogP) is 10.1. The minimum absolute atomic E-state index is 0.0244. The van der Waals surface area contributed by atoms with E-state index in [1.165, 1.54) is 0 Å². The van der Waals surface area contributed by atoms with Crippen LogP contribution < -0.4 is 5.32 Å². The lowest BCUT2D eigenvalue weighted by Crippen LogP contribution is -2.47. The van der Waals surface area contributed by atoms with Crippen LogP contribution in [-0.2, 0) is 61.1 Å². The fourth-order valence-corrected chi connectivity index (χ4v) is 8.64. The number of oxime groups is 1. The molecule has 4 aromatic carbocycles. The number of esters is 1. The van der Waals surface area contributed by atoms with E-state index >= 15 is 0 Å². The normalized spacial score (nSPS) is 15.6. The van der Waals surface area contributed by atoms with Crippen LogP contribution in [0.3, 0.4) is 0 Å². The summed E-state index contributed by atoms with van der Waals surface area (Å²) in [4.78, 5) is 66.0. The first kappa shape index (κ1) is 55.4. The maximum atomic E-state index is 12.7. The van der Waals surface area contributed by atoms with Gasteiger partial charge in [-0.1, -0.05) is 144 Å². The summed E-state index contributed by atoms with van der Waals surface area (Å²) in [7, 11) is -3.90. The molecule has 0 radical (unpaired) electrons. The van der Waals surface area contributed by atoms with Crippen LogP contribution in [0.2, 0.25) is 5.02 Å². The first-order valence-electron chi connectivity index (χ1n) is 21.5. The number of nitrogens with one attached hydrogen (secondary N) is 1. The molecule has 1 amide bonds. The Balaban J connectivity index is 0.000000228. The lowest BCUT2D eigenvalue weighted by atomic mass is 9.81. The standard InChI is InChI=1S/C18H17NO3.C17H16ClF3O6S.C15H22BrNO/c1-2-21-17(20)16-13-18(22-19-16,14-9-5-3-6-10-14)15-11-7-4-8-12-15;1-28(25,26)13-6-5-9(15(18)10(13)7-27-8-17(19,20)21)16(24)14-11(22)3-2-4-12(14)23;1-14(2,3)12(16)13(18)17-15(4,5)11-9-7-6-8-10-11/h3-12H,2,13H2,1H3;5-6,14H,2-4,7-8H2,1H3;6-10,12H,1-5H3,(H,17,18). The summed E-state index contributed by atoms with van der Waals surface area (Å²) in [5.74, 6) is -3.98. The molecule has 12 nitrogen and oxygen atoms in total. The second-order valence-corrected chi connectivity index (χ2v) is 20.9. The fourth-order valence-electron chi connectivity index (χ4n) is 7.24. The van der Waals surface area contributed by atoms with Crippen molar-refractivity contribution in [2.24, 2.45) is 16.5 Å². The van der Waals surface area contributed by atoms with Gasteiger partial charge in [0.15, 0.2) is 38.5 Å². The summed E-state index contributed by atoms with van der Waals surface area (Å²) in [6, 6.07) is 31.7. The minimum Gasteiger partial charge on any atom is -0.461 e. The lowest BCUT2D eigenvalue weighted by molar-refractivity contribution is -0.176. The molecule has 1 unspecified atom stereocenters. The maximum absolute atomic E-state index is 12.7. The molecule has 1 saturated carbocycles. The molecule has 0 bridgehead atoms. The smallest absolute Gasteiger partial charge is 0.411 e. The highest BCUT2D eigenvalue weighted by atomic mass is 79.9. The van der Waals surface area contributed by atoms with Crippen molar-refractivity contribution in [3.05, 3.63) is 136 Å². The lowest BCUT2D eigenvalue weighted by Gasteiger charge is -2.31. The first-order chi connectivity index (χ1) is 31.7. The number of amides is 1. The van der Waals surface area contributed by atoms with Gasteiger partial charge in [0.1, 0.15) is 12.5 Å². The van der Waals surface area contributed by atoms with Crippen LogP contribution >= 0.6 is 27.5 Å². The molecule has 1 aliphatic carbocycles. The number of sulfone groups is 1. The Kier molecular flexibility index (Phi) is 19.0. The van der Waals surface area contributed by atoms with E-state index in [0.29, 0.717) is 25.2 Å². The quantitative estimate of drug-likeness (QED) is 0.0588. The van der Waals surface area contributed by atoms with E-state index < -0.39 is 74.0 Å². The highest BCUT2D eigenvalue weighted by molar-refractivity contribution is 9.10. The molecule has 1 N–H and O–H groups in total. The number of nitrogens with zero attached hydrogens (tertiary/aromatic N) is 1. The second kappa shape index (κ2) is 23.4. The highest BCUT2D eigenvalue weighted by Crippen LogP contribution is 2.41. The second-order valence-electron chi connectivity index (χ2n) is 17.7. The average Bonchev–Trinajstić information content (AvgIpc) is 3.74. The van der Waals surface area contributed by atoms with Crippen molar-refractivity contribution in [3.8, 4) is 0 Å². The van der Waals surface area contributed by atoms with Crippen molar-refractivity contribution in [1.29, 1.82) is 0 Å². The Morgan fingerprint density at radius 2 is 1.38 bits per heavy atom. The van der Waals surface area contributed by atoms with Gasteiger partial charge in [-0.15, -0.1) is 0 Å². The summed E-state index contributed by atoms with van der Waals surface area (Å²) in [5.41, 5.74) is 1.45. The van der Waals surface area contributed by atoms with E-state index in [9.17, 15) is 45.6 Å². The van der Waals surface area contributed by atoms with Crippen molar-refractivity contribution in [1.82, 2.24) is 5.32 Å². The van der Waals surface area contributed by atoms with E-state index in [0.717, 1.165) is 35.1 Å². The molecule has 4 aromatic rings. The number of rotatable bonds is 13. The molecule has 366 valence electrons. The van der Waals surface area contributed by atoms with Crippen LogP contribution in [0.15, 0.2) is 113 Å². The monoisotopic (exact) mass is 1050 g/mol. The van der Waals surface area contributed by atoms with Gasteiger partial charge in [0.25, 0.3) is 0 Å². The molecular formula is C50H55BrClF3N2O10S. The van der Waals surface area contributed by atoms with E-state index in [-0.39, 0.29) is 45.7 Å². The SMILES string of the molecule is CC(C)(NC(=O)C(Br)C(C)(C)C)c1ccccc1.CCOC(=O)C1=NOC(c2ccccc2)(c2ccccc2)C1.CS(=O)(=O)c1ccc(C(=O)C2C(=O)CCCC2=O)c(Cl)c1COCC(F)(F)F. The molecule has 0 aromatic heterocycles. The van der Waals surface area contributed by atoms with E-state index in [1.807, 2.05) is 126 Å². The molecule has 2 aliphatic rings. The Labute approximate surface area is 408 Å². The van der Waals surface area contributed by atoms with E-state index in [1.54, 1.807) is 6.92 Å². The molecule has 1 atom stereocenters. The Morgan fingerprint density at radius 1 is 0.868 bits per heavy atom. The van der Waals surface area contributed by atoms with Crippen molar-refractivity contribution in [2.45, 2.75) is 101 Å².